The summed E-state index contributed by atoms with van der Waals surface area (Å²) in [5, 5.41) is 7.80. The van der Waals surface area contributed by atoms with E-state index in [1.54, 1.807) is 0 Å². The van der Waals surface area contributed by atoms with Crippen molar-refractivity contribution >= 4 is 0 Å². The molecule has 0 aliphatic heterocycles. The van der Waals surface area contributed by atoms with E-state index >= 15 is 0 Å². The number of alkyl halides is 2. The van der Waals surface area contributed by atoms with Gasteiger partial charge in [0.2, 0.25) is 12.5 Å². The van der Waals surface area contributed by atoms with E-state index in [0.717, 1.165) is 6.08 Å². The summed E-state index contributed by atoms with van der Waals surface area (Å²) in [5.41, 5.74) is 0. The minimum Gasteiger partial charge on any atom is -0.362 e. The minimum atomic E-state index is -2.76. The maximum atomic E-state index is 11.9. The van der Waals surface area contributed by atoms with Crippen LogP contribution in [0.2, 0.25) is 0 Å². The van der Waals surface area contributed by atoms with Gasteiger partial charge in [-0.2, -0.15) is 0 Å². The predicted molar refractivity (Wildman–Crippen MR) is 26.9 cm³/mol. The molecule has 0 radical (unpaired) electrons. The second kappa shape index (κ2) is 3.50. The first-order valence-corrected chi connectivity index (χ1v) is 2.37. The van der Waals surface area contributed by atoms with Crippen molar-refractivity contribution in [2.75, 3.05) is 0 Å². The molecule has 1 nitrogen and oxygen atoms in total. The summed E-state index contributed by atoms with van der Waals surface area (Å²) in [6.07, 6.45) is -4.54. The fourth-order valence-electron chi connectivity index (χ4n) is 0.291. The van der Waals surface area contributed by atoms with Crippen molar-refractivity contribution < 1.29 is 18.3 Å². The van der Waals surface area contributed by atoms with Gasteiger partial charge in [0.1, 0.15) is 5.83 Å². The monoisotopic (exact) mass is 140 g/mol. The Hall–Kier alpha value is -0.510. The van der Waals surface area contributed by atoms with Crippen LogP contribution in [-0.2, 0) is 0 Å². The third-order valence-electron chi connectivity index (χ3n) is 0.781. The summed E-state index contributed by atoms with van der Waals surface area (Å²) < 4.78 is 35.1. The molecule has 0 spiro atoms. The first kappa shape index (κ1) is 8.49. The molecule has 0 aliphatic carbocycles. The zero-order chi connectivity index (χ0) is 7.44. The zero-order valence-electron chi connectivity index (χ0n) is 4.81. The molecule has 0 amide bonds. The van der Waals surface area contributed by atoms with Gasteiger partial charge in [0.25, 0.3) is 0 Å². The molecule has 0 saturated carbocycles. The first-order chi connectivity index (χ1) is 4.09. The van der Waals surface area contributed by atoms with Crippen LogP contribution in [0.3, 0.4) is 0 Å². The lowest BCUT2D eigenvalue weighted by Crippen LogP contribution is -2.16. The molecule has 54 valence electrons. The number of aliphatic hydroxyl groups is 1. The Morgan fingerprint density at radius 3 is 2.11 bits per heavy atom. The van der Waals surface area contributed by atoms with E-state index in [1.807, 2.05) is 0 Å². The van der Waals surface area contributed by atoms with Crippen molar-refractivity contribution in [3.63, 3.8) is 0 Å². The summed E-state index contributed by atoms with van der Waals surface area (Å²) in [6, 6.07) is 0. The van der Waals surface area contributed by atoms with Gasteiger partial charge in [-0.3, -0.25) is 0 Å². The normalized spacial score (nSPS) is 19.4. The van der Waals surface area contributed by atoms with Crippen LogP contribution < -0.4 is 0 Å². The molecule has 2 atom stereocenters. The molecule has 0 aromatic heterocycles. The molecule has 0 aromatic rings. The average Bonchev–Trinajstić information content (AvgIpc) is 1.84. The molecule has 0 aromatic carbocycles. The van der Waals surface area contributed by atoms with Gasteiger partial charge in [-0.15, -0.1) is 0 Å². The van der Waals surface area contributed by atoms with Crippen LogP contribution >= 0.6 is 0 Å². The number of hydrogen-bond acceptors (Lipinski definition) is 1. The molecule has 0 heterocycles. The molecule has 1 N–H and O–H groups in total. The summed E-state index contributed by atoms with van der Waals surface area (Å²) in [7, 11) is 0. The molecule has 0 aliphatic rings. The van der Waals surface area contributed by atoms with Crippen LogP contribution in [0.1, 0.15) is 6.92 Å². The molecule has 0 fully saturated rings. The fraction of sp³-hybridized carbons (Fsp3) is 0.600. The first-order valence-electron chi connectivity index (χ1n) is 2.37. The van der Waals surface area contributed by atoms with E-state index in [9.17, 15) is 13.2 Å². The molecule has 0 saturated heterocycles. The van der Waals surface area contributed by atoms with E-state index in [0.29, 0.717) is 0 Å². The zero-order valence-corrected chi connectivity index (χ0v) is 4.81. The third kappa shape index (κ3) is 2.51. The lowest BCUT2D eigenvalue weighted by atomic mass is 10.3. The predicted octanol–water partition coefficient (Wildman–Crippen LogP) is 1.49. The summed E-state index contributed by atoms with van der Waals surface area (Å²) in [6.45, 7) is 1.21. The molecule has 0 rings (SSSR count). The van der Waals surface area contributed by atoms with E-state index in [4.69, 9.17) is 5.11 Å². The van der Waals surface area contributed by atoms with Crippen molar-refractivity contribution in [1.29, 1.82) is 0 Å². The number of allylic oxidation sites excluding steroid dienone is 1. The molecule has 9 heavy (non-hydrogen) atoms. The van der Waals surface area contributed by atoms with Crippen molar-refractivity contribution in [3.8, 4) is 0 Å². The Balaban J connectivity index is 3.88. The maximum absolute atomic E-state index is 11.9. The maximum Gasteiger partial charge on any atom is 0.234 e. The van der Waals surface area contributed by atoms with Gasteiger partial charge in [0.15, 0.2) is 0 Å². The SMILES string of the molecule is C/C=C(/F)C(F)C(O)F. The number of rotatable bonds is 2. The van der Waals surface area contributed by atoms with Gasteiger partial charge in [-0.1, -0.05) is 6.08 Å². The van der Waals surface area contributed by atoms with Crippen molar-refractivity contribution in [2.24, 2.45) is 0 Å². The van der Waals surface area contributed by atoms with E-state index in [1.165, 1.54) is 6.92 Å². The van der Waals surface area contributed by atoms with Crippen LogP contribution in [-0.4, -0.2) is 17.6 Å². The second-order valence-electron chi connectivity index (χ2n) is 1.45. The highest BCUT2D eigenvalue weighted by Crippen LogP contribution is 2.12. The molecule has 0 bridgehead atoms. The Kier molecular flexibility index (Phi) is 3.30. The van der Waals surface area contributed by atoms with Crippen LogP contribution in [0.5, 0.6) is 0 Å². The van der Waals surface area contributed by atoms with Crippen molar-refractivity contribution in [1.82, 2.24) is 0 Å². The molecular formula is C5H7F3O. The van der Waals surface area contributed by atoms with Crippen LogP contribution in [0.15, 0.2) is 11.9 Å². The Morgan fingerprint density at radius 1 is 1.56 bits per heavy atom. The lowest BCUT2D eigenvalue weighted by Gasteiger charge is -2.03. The van der Waals surface area contributed by atoms with Gasteiger partial charge < -0.3 is 5.11 Å². The molecular weight excluding hydrogens is 133 g/mol. The standard InChI is InChI=1S/C5H7F3O/c1-2-3(6)4(7)5(8)9/h2,4-5,9H,1H3/b3-2+. The minimum absolute atomic E-state index is 0.757. The lowest BCUT2D eigenvalue weighted by molar-refractivity contribution is -0.0201. The Morgan fingerprint density at radius 2 is 2.00 bits per heavy atom. The van der Waals surface area contributed by atoms with Gasteiger partial charge in [0, 0.05) is 0 Å². The highest BCUT2D eigenvalue weighted by molar-refractivity contribution is 4.97. The number of hydrogen-bond donors (Lipinski definition) is 1. The van der Waals surface area contributed by atoms with Crippen molar-refractivity contribution in [3.05, 3.63) is 11.9 Å². The van der Waals surface area contributed by atoms with Crippen LogP contribution in [0.25, 0.3) is 0 Å². The number of aliphatic hydroxyl groups excluding tert-OH is 1. The average molecular weight is 140 g/mol. The topological polar surface area (TPSA) is 20.2 Å². The van der Waals surface area contributed by atoms with Gasteiger partial charge in [-0.25, -0.2) is 13.2 Å². The highest BCUT2D eigenvalue weighted by Gasteiger charge is 2.21. The quantitative estimate of drug-likeness (QED) is 0.616. The van der Waals surface area contributed by atoms with Gasteiger partial charge >= 0.3 is 0 Å². The van der Waals surface area contributed by atoms with Gasteiger partial charge in [-0.05, 0) is 6.92 Å². The number of halogens is 3. The summed E-state index contributed by atoms with van der Waals surface area (Å²) >= 11 is 0. The fourth-order valence-corrected chi connectivity index (χ4v) is 0.291. The molecule has 2 unspecified atom stereocenters. The van der Waals surface area contributed by atoms with E-state index < -0.39 is 18.4 Å². The van der Waals surface area contributed by atoms with E-state index in [-0.39, 0.29) is 0 Å². The summed E-state index contributed by atoms with van der Waals surface area (Å²) in [5.74, 6) is -1.29. The van der Waals surface area contributed by atoms with E-state index in [2.05, 4.69) is 0 Å². The largest absolute Gasteiger partial charge is 0.362 e. The Bertz CT molecular complexity index is 111. The van der Waals surface area contributed by atoms with Crippen molar-refractivity contribution in [2.45, 2.75) is 19.5 Å². The smallest absolute Gasteiger partial charge is 0.234 e. The van der Waals surface area contributed by atoms with Crippen LogP contribution in [0.4, 0.5) is 13.2 Å². The third-order valence-corrected chi connectivity index (χ3v) is 0.781. The Labute approximate surface area is 50.8 Å². The van der Waals surface area contributed by atoms with Gasteiger partial charge in [0.05, 0.1) is 0 Å². The second-order valence-corrected chi connectivity index (χ2v) is 1.45. The van der Waals surface area contributed by atoms with Crippen LogP contribution in [0, 0.1) is 0 Å². The molecule has 4 heteroatoms. The summed E-state index contributed by atoms with van der Waals surface area (Å²) in [4.78, 5) is 0. The highest BCUT2D eigenvalue weighted by atomic mass is 19.2.